The van der Waals surface area contributed by atoms with Gasteiger partial charge in [0.25, 0.3) is 0 Å². The van der Waals surface area contributed by atoms with Crippen LogP contribution in [0.25, 0.3) is 0 Å². The van der Waals surface area contributed by atoms with Gasteiger partial charge in [0.1, 0.15) is 6.17 Å². The second-order valence-electron chi connectivity index (χ2n) is 1.97. The predicted molar refractivity (Wildman–Crippen MR) is 39.2 cm³/mol. The number of rotatable bonds is 5. The molecule has 0 aromatic heterocycles. The minimum atomic E-state index is -0.706. The van der Waals surface area contributed by atoms with Crippen LogP contribution in [0.5, 0.6) is 0 Å². The van der Waals surface area contributed by atoms with E-state index in [0.29, 0.717) is 0 Å². The molecule has 0 aliphatic rings. The minimum Gasteiger partial charge on any atom is -0.369 e. The molecule has 6 heteroatoms. The number of hydrogen-bond acceptors (Lipinski definition) is 4. The van der Waals surface area contributed by atoms with Gasteiger partial charge in [-0.1, -0.05) is 0 Å². The summed E-state index contributed by atoms with van der Waals surface area (Å²) < 4.78 is 0. The quantitative estimate of drug-likeness (QED) is 0.323. The van der Waals surface area contributed by atoms with Crippen molar-refractivity contribution in [2.24, 2.45) is 11.5 Å². The fourth-order valence-electron chi connectivity index (χ4n) is 0.548. The number of nitrogens with two attached hydrogens (primary N) is 2. The lowest BCUT2D eigenvalue weighted by Gasteiger charge is -2.11. The van der Waals surface area contributed by atoms with E-state index in [2.05, 4.69) is 10.6 Å². The molecule has 0 aromatic carbocycles. The number of likely N-dealkylation sites (N-methyl/N-ethyl adjacent to an activating group) is 1. The summed E-state index contributed by atoms with van der Waals surface area (Å²) in [5.74, 6) is -1.11. The molecule has 0 aliphatic carbocycles. The fourth-order valence-corrected chi connectivity index (χ4v) is 0.548. The maximum Gasteiger partial charge on any atom is 0.249 e. The lowest BCUT2D eigenvalue weighted by molar-refractivity contribution is -0.121. The summed E-state index contributed by atoms with van der Waals surface area (Å²) in [5, 5.41) is 5.07. The third kappa shape index (κ3) is 4.29. The van der Waals surface area contributed by atoms with Gasteiger partial charge >= 0.3 is 0 Å². The highest BCUT2D eigenvalue weighted by molar-refractivity contribution is 5.81. The Morgan fingerprint density at radius 1 is 1.45 bits per heavy atom. The molecule has 0 aromatic rings. The third-order valence-corrected chi connectivity index (χ3v) is 1.05. The molecule has 64 valence electrons. The number of carbonyl (C=O) groups excluding carboxylic acids is 2. The zero-order valence-corrected chi connectivity index (χ0v) is 6.26. The van der Waals surface area contributed by atoms with Crippen LogP contribution in [0.3, 0.4) is 0 Å². The van der Waals surface area contributed by atoms with E-state index in [9.17, 15) is 9.59 Å². The van der Waals surface area contributed by atoms with Crippen LogP contribution in [0.2, 0.25) is 0 Å². The molecule has 0 bridgehead atoms. The molecule has 0 fully saturated rings. The number of amides is 2. The maximum absolute atomic E-state index is 10.5. The van der Waals surface area contributed by atoms with E-state index >= 15 is 0 Å². The first-order valence-electron chi connectivity index (χ1n) is 3.06. The molecule has 11 heavy (non-hydrogen) atoms. The van der Waals surface area contributed by atoms with Crippen molar-refractivity contribution in [3.63, 3.8) is 0 Å². The van der Waals surface area contributed by atoms with Crippen LogP contribution in [0.4, 0.5) is 0 Å². The molecule has 1 atom stereocenters. The maximum atomic E-state index is 10.5. The molecule has 0 aliphatic heterocycles. The van der Waals surface area contributed by atoms with Gasteiger partial charge < -0.3 is 11.5 Å². The molecule has 0 radical (unpaired) electrons. The Labute approximate surface area is 64.3 Å². The van der Waals surface area contributed by atoms with Crippen molar-refractivity contribution in [1.29, 1.82) is 0 Å². The van der Waals surface area contributed by atoms with Crippen molar-refractivity contribution in [3.05, 3.63) is 0 Å². The standard InChI is InChI=1S/C5H12N4O2/c1-8-5(4(7)11)9-2-3(6)10/h5,8-9H,2H2,1H3,(H2,6,10)(H2,7,11). The number of hydrogen-bond donors (Lipinski definition) is 4. The Hall–Kier alpha value is -1.14. The van der Waals surface area contributed by atoms with Gasteiger partial charge in [0.2, 0.25) is 11.8 Å². The summed E-state index contributed by atoms with van der Waals surface area (Å²) in [6.45, 7) is -0.0750. The van der Waals surface area contributed by atoms with Crippen molar-refractivity contribution in [3.8, 4) is 0 Å². The first-order chi connectivity index (χ1) is 5.07. The van der Waals surface area contributed by atoms with E-state index in [0.717, 1.165) is 0 Å². The lowest BCUT2D eigenvalue weighted by Crippen LogP contribution is -2.52. The summed E-state index contributed by atoms with van der Waals surface area (Å²) in [6.07, 6.45) is -0.706. The molecule has 6 N–H and O–H groups in total. The Morgan fingerprint density at radius 3 is 2.27 bits per heavy atom. The van der Waals surface area contributed by atoms with Gasteiger partial charge in [-0.3, -0.25) is 20.2 Å². The zero-order valence-electron chi connectivity index (χ0n) is 6.26. The Balaban J connectivity index is 3.70. The van der Waals surface area contributed by atoms with Crippen LogP contribution in [0.15, 0.2) is 0 Å². The van der Waals surface area contributed by atoms with Gasteiger partial charge in [0.05, 0.1) is 6.54 Å². The zero-order chi connectivity index (χ0) is 8.85. The topological polar surface area (TPSA) is 110 Å². The van der Waals surface area contributed by atoms with E-state index in [1.807, 2.05) is 0 Å². The Kier molecular flexibility index (Phi) is 4.16. The number of primary amides is 2. The van der Waals surface area contributed by atoms with Gasteiger partial charge in [0.15, 0.2) is 0 Å². The monoisotopic (exact) mass is 160 g/mol. The van der Waals surface area contributed by atoms with Gasteiger partial charge in [-0.25, -0.2) is 0 Å². The minimum absolute atomic E-state index is 0.0750. The molecule has 0 rings (SSSR count). The predicted octanol–water partition coefficient (Wildman–Crippen LogP) is -2.91. The van der Waals surface area contributed by atoms with Crippen LogP contribution in [-0.4, -0.2) is 31.6 Å². The first-order valence-corrected chi connectivity index (χ1v) is 3.06. The average molecular weight is 160 g/mol. The van der Waals surface area contributed by atoms with Crippen LogP contribution in [0.1, 0.15) is 0 Å². The summed E-state index contributed by atoms with van der Waals surface area (Å²) in [6, 6.07) is 0. The van der Waals surface area contributed by atoms with E-state index < -0.39 is 18.0 Å². The van der Waals surface area contributed by atoms with Crippen LogP contribution in [-0.2, 0) is 9.59 Å². The van der Waals surface area contributed by atoms with Crippen LogP contribution < -0.4 is 22.1 Å². The fraction of sp³-hybridized carbons (Fsp3) is 0.600. The Morgan fingerprint density at radius 2 is 2.00 bits per heavy atom. The molecule has 1 unspecified atom stereocenters. The number of carbonyl (C=O) groups is 2. The van der Waals surface area contributed by atoms with Crippen molar-refractivity contribution < 1.29 is 9.59 Å². The normalized spacial score (nSPS) is 12.5. The van der Waals surface area contributed by atoms with Crippen molar-refractivity contribution in [1.82, 2.24) is 10.6 Å². The van der Waals surface area contributed by atoms with E-state index in [4.69, 9.17) is 11.5 Å². The van der Waals surface area contributed by atoms with E-state index in [-0.39, 0.29) is 6.54 Å². The third-order valence-electron chi connectivity index (χ3n) is 1.05. The summed E-state index contributed by atoms with van der Waals surface area (Å²) in [4.78, 5) is 20.7. The van der Waals surface area contributed by atoms with Gasteiger partial charge in [-0.05, 0) is 7.05 Å². The lowest BCUT2D eigenvalue weighted by atomic mass is 10.4. The van der Waals surface area contributed by atoms with Crippen molar-refractivity contribution in [2.45, 2.75) is 6.17 Å². The molecule has 0 heterocycles. The first kappa shape index (κ1) is 9.86. The van der Waals surface area contributed by atoms with Gasteiger partial charge in [0, 0.05) is 0 Å². The van der Waals surface area contributed by atoms with Crippen molar-refractivity contribution >= 4 is 11.8 Å². The highest BCUT2D eigenvalue weighted by atomic mass is 16.2. The molecule has 6 nitrogen and oxygen atoms in total. The molecule has 0 spiro atoms. The second-order valence-corrected chi connectivity index (χ2v) is 1.97. The molecular weight excluding hydrogens is 148 g/mol. The highest BCUT2D eigenvalue weighted by Gasteiger charge is 2.11. The Bertz CT molecular complexity index is 159. The van der Waals surface area contributed by atoms with E-state index in [1.54, 1.807) is 7.05 Å². The summed E-state index contributed by atoms with van der Waals surface area (Å²) >= 11 is 0. The molecule has 2 amide bonds. The van der Waals surface area contributed by atoms with Gasteiger partial charge in [-0.2, -0.15) is 0 Å². The van der Waals surface area contributed by atoms with Crippen LogP contribution >= 0.6 is 0 Å². The summed E-state index contributed by atoms with van der Waals surface area (Å²) in [7, 11) is 1.55. The number of nitrogens with one attached hydrogen (secondary N) is 2. The second kappa shape index (κ2) is 4.64. The van der Waals surface area contributed by atoms with Gasteiger partial charge in [-0.15, -0.1) is 0 Å². The molecular formula is C5H12N4O2. The largest absolute Gasteiger partial charge is 0.369 e. The SMILES string of the molecule is CNC(NCC(N)=O)C(N)=O. The van der Waals surface area contributed by atoms with Crippen molar-refractivity contribution in [2.75, 3.05) is 13.6 Å². The smallest absolute Gasteiger partial charge is 0.249 e. The summed E-state index contributed by atoms with van der Waals surface area (Å²) in [5.41, 5.74) is 9.73. The van der Waals surface area contributed by atoms with E-state index in [1.165, 1.54) is 0 Å². The molecule has 0 saturated carbocycles. The molecule has 0 saturated heterocycles. The average Bonchev–Trinajstić information content (AvgIpc) is 1.87. The highest BCUT2D eigenvalue weighted by Crippen LogP contribution is 1.71. The van der Waals surface area contributed by atoms with Crippen LogP contribution in [0, 0.1) is 0 Å².